The topological polar surface area (TPSA) is 66.5 Å². The van der Waals surface area contributed by atoms with Crippen LogP contribution in [-0.4, -0.2) is 24.7 Å². The number of nitrogens with zero attached hydrogens (tertiary/aromatic N) is 1. The molecule has 1 amide bonds. The molecule has 26 heavy (non-hydrogen) atoms. The number of carbonyl (C=O) groups excluding carboxylic acids is 1. The summed E-state index contributed by atoms with van der Waals surface area (Å²) in [5.74, 6) is 1.74. The number of aromatic nitrogens is 1. The Hall–Kier alpha value is -2.43. The van der Waals surface area contributed by atoms with E-state index >= 15 is 0 Å². The van der Waals surface area contributed by atoms with E-state index in [9.17, 15) is 4.79 Å². The van der Waals surface area contributed by atoms with Crippen LogP contribution in [0.4, 0.5) is 0 Å². The van der Waals surface area contributed by atoms with Crippen molar-refractivity contribution in [3.05, 3.63) is 35.5 Å². The molecular formula is C21H28N2O3. The van der Waals surface area contributed by atoms with Crippen molar-refractivity contribution in [1.29, 1.82) is 0 Å². The summed E-state index contributed by atoms with van der Waals surface area (Å²) in [7, 11) is 3.30. The predicted octanol–water partition coefficient (Wildman–Crippen LogP) is 4.16. The third-order valence-corrected chi connectivity index (χ3v) is 5.48. The largest absolute Gasteiger partial charge is 0.497 e. The Labute approximate surface area is 155 Å². The highest BCUT2D eigenvalue weighted by Gasteiger charge is 2.22. The molecule has 1 aromatic carbocycles. The van der Waals surface area contributed by atoms with E-state index in [0.29, 0.717) is 11.5 Å². The lowest BCUT2D eigenvalue weighted by molar-refractivity contribution is 0.0999. The molecule has 1 fully saturated rings. The van der Waals surface area contributed by atoms with E-state index < -0.39 is 5.91 Å². The van der Waals surface area contributed by atoms with Gasteiger partial charge in [0.2, 0.25) is 0 Å². The van der Waals surface area contributed by atoms with E-state index in [1.165, 1.54) is 32.1 Å². The second-order valence-electron chi connectivity index (χ2n) is 7.07. The lowest BCUT2D eigenvalue weighted by Crippen LogP contribution is -2.17. The molecular weight excluding hydrogens is 328 g/mol. The average Bonchev–Trinajstić information content (AvgIpc) is 2.98. The molecule has 0 bridgehead atoms. The van der Waals surface area contributed by atoms with Gasteiger partial charge in [-0.25, -0.2) is 0 Å². The number of ether oxygens (including phenoxy) is 2. The van der Waals surface area contributed by atoms with Crippen LogP contribution in [0.5, 0.6) is 11.5 Å². The molecule has 5 heteroatoms. The van der Waals surface area contributed by atoms with Gasteiger partial charge in [0.25, 0.3) is 5.91 Å². The first-order valence-corrected chi connectivity index (χ1v) is 9.27. The quantitative estimate of drug-likeness (QED) is 0.845. The summed E-state index contributed by atoms with van der Waals surface area (Å²) in [4.78, 5) is 11.9. The monoisotopic (exact) mass is 356 g/mol. The zero-order valence-corrected chi connectivity index (χ0v) is 15.9. The fraction of sp³-hybridized carbons (Fsp3) is 0.476. The number of benzene rings is 1. The van der Waals surface area contributed by atoms with Gasteiger partial charge in [-0.3, -0.25) is 4.79 Å². The average molecular weight is 356 g/mol. The number of carbonyl (C=O) groups is 1. The molecule has 140 valence electrons. The van der Waals surface area contributed by atoms with Gasteiger partial charge in [-0.15, -0.1) is 0 Å². The molecule has 2 aromatic rings. The molecule has 1 aromatic heterocycles. The van der Waals surface area contributed by atoms with Gasteiger partial charge in [0.15, 0.2) is 0 Å². The van der Waals surface area contributed by atoms with Crippen LogP contribution in [0.2, 0.25) is 0 Å². The van der Waals surface area contributed by atoms with Gasteiger partial charge in [0.05, 0.1) is 25.5 Å². The highest BCUT2D eigenvalue weighted by Crippen LogP contribution is 2.37. The van der Waals surface area contributed by atoms with Crippen LogP contribution in [-0.2, 0) is 6.54 Å². The second kappa shape index (κ2) is 7.85. The fourth-order valence-electron chi connectivity index (χ4n) is 4.00. The smallest absolute Gasteiger partial charge is 0.250 e. The number of hydrogen-bond donors (Lipinski definition) is 1. The summed E-state index contributed by atoms with van der Waals surface area (Å²) < 4.78 is 13.2. The van der Waals surface area contributed by atoms with Crippen molar-refractivity contribution in [1.82, 2.24) is 4.57 Å². The maximum Gasteiger partial charge on any atom is 0.250 e. The summed E-state index contributed by atoms with van der Waals surface area (Å²) in [5, 5.41) is 0. The van der Waals surface area contributed by atoms with Crippen LogP contribution in [0.25, 0.3) is 11.3 Å². The molecule has 3 rings (SSSR count). The van der Waals surface area contributed by atoms with Gasteiger partial charge in [0.1, 0.15) is 11.5 Å². The molecule has 0 saturated heterocycles. The van der Waals surface area contributed by atoms with Crippen LogP contribution in [0.15, 0.2) is 24.3 Å². The van der Waals surface area contributed by atoms with Crippen LogP contribution >= 0.6 is 0 Å². The zero-order valence-electron chi connectivity index (χ0n) is 15.9. The highest BCUT2D eigenvalue weighted by atomic mass is 16.5. The van der Waals surface area contributed by atoms with E-state index in [-0.39, 0.29) is 0 Å². The van der Waals surface area contributed by atoms with Crippen molar-refractivity contribution in [3.8, 4) is 22.8 Å². The van der Waals surface area contributed by atoms with Crippen LogP contribution < -0.4 is 15.2 Å². The van der Waals surface area contributed by atoms with Gasteiger partial charge >= 0.3 is 0 Å². The van der Waals surface area contributed by atoms with Crippen molar-refractivity contribution in [3.63, 3.8) is 0 Å². The number of primary amides is 1. The lowest BCUT2D eigenvalue weighted by atomic mass is 9.89. The number of methoxy groups -OCH3 is 2. The molecule has 5 nitrogen and oxygen atoms in total. The molecule has 1 aliphatic rings. The summed E-state index contributed by atoms with van der Waals surface area (Å²) >= 11 is 0. The Balaban J connectivity index is 2.10. The molecule has 0 spiro atoms. The zero-order chi connectivity index (χ0) is 18.7. The Kier molecular flexibility index (Phi) is 5.55. The summed E-state index contributed by atoms with van der Waals surface area (Å²) in [6.45, 7) is 2.87. The second-order valence-corrected chi connectivity index (χ2v) is 7.07. The summed E-state index contributed by atoms with van der Waals surface area (Å²) in [5.41, 5.74) is 8.99. The van der Waals surface area contributed by atoms with Gasteiger partial charge < -0.3 is 19.8 Å². The minimum absolute atomic E-state index is 0.395. The Morgan fingerprint density at radius 1 is 1.15 bits per heavy atom. The van der Waals surface area contributed by atoms with Crippen molar-refractivity contribution in [2.24, 2.45) is 11.7 Å². The summed E-state index contributed by atoms with van der Waals surface area (Å²) in [6, 6.07) is 7.61. The Morgan fingerprint density at radius 2 is 1.88 bits per heavy atom. The Bertz CT molecular complexity index is 789. The van der Waals surface area contributed by atoms with Crippen molar-refractivity contribution < 1.29 is 14.3 Å². The third-order valence-electron chi connectivity index (χ3n) is 5.48. The predicted molar refractivity (Wildman–Crippen MR) is 103 cm³/mol. The highest BCUT2D eigenvalue weighted by molar-refractivity contribution is 5.96. The number of hydrogen-bond acceptors (Lipinski definition) is 3. The first kappa shape index (κ1) is 18.4. The molecule has 2 N–H and O–H groups in total. The van der Waals surface area contributed by atoms with E-state index in [2.05, 4.69) is 4.57 Å². The van der Waals surface area contributed by atoms with E-state index in [4.69, 9.17) is 15.2 Å². The standard InChI is InChI=1S/C21H28N2O3/c1-14-17(21(22)24)12-19(23(14)13-15-7-5-4-6-8-15)18-11-16(25-2)9-10-20(18)26-3/h9-12,15H,4-8,13H2,1-3H3,(H2,22,24). The van der Waals surface area contributed by atoms with E-state index in [1.807, 2.05) is 31.2 Å². The third kappa shape index (κ3) is 3.57. The van der Waals surface area contributed by atoms with Crippen LogP contribution in [0, 0.1) is 12.8 Å². The lowest BCUT2D eigenvalue weighted by Gasteiger charge is -2.24. The number of nitrogens with two attached hydrogens (primary N) is 1. The van der Waals surface area contributed by atoms with E-state index in [0.717, 1.165) is 35.0 Å². The fourth-order valence-corrected chi connectivity index (χ4v) is 4.00. The summed E-state index contributed by atoms with van der Waals surface area (Å²) in [6.07, 6.45) is 6.36. The first-order valence-electron chi connectivity index (χ1n) is 9.27. The minimum Gasteiger partial charge on any atom is -0.497 e. The van der Waals surface area contributed by atoms with Gasteiger partial charge in [-0.2, -0.15) is 0 Å². The maximum atomic E-state index is 11.9. The minimum atomic E-state index is -0.395. The number of rotatable bonds is 6. The normalized spacial score (nSPS) is 15.0. The van der Waals surface area contributed by atoms with E-state index in [1.54, 1.807) is 14.2 Å². The first-order chi connectivity index (χ1) is 12.5. The molecule has 0 unspecified atom stereocenters. The van der Waals surface area contributed by atoms with Gasteiger partial charge in [-0.05, 0) is 49.9 Å². The van der Waals surface area contributed by atoms with Crippen molar-refractivity contribution in [2.75, 3.05) is 14.2 Å². The SMILES string of the molecule is COc1ccc(OC)c(-c2cc(C(N)=O)c(C)n2CC2CCCCC2)c1. The van der Waals surface area contributed by atoms with Crippen LogP contribution in [0.3, 0.4) is 0 Å². The van der Waals surface area contributed by atoms with Crippen molar-refractivity contribution >= 4 is 5.91 Å². The Morgan fingerprint density at radius 3 is 2.50 bits per heavy atom. The molecule has 1 heterocycles. The van der Waals surface area contributed by atoms with Gasteiger partial charge in [-0.1, -0.05) is 19.3 Å². The molecule has 0 radical (unpaired) electrons. The molecule has 0 aliphatic heterocycles. The maximum absolute atomic E-state index is 11.9. The molecule has 1 saturated carbocycles. The number of amides is 1. The van der Waals surface area contributed by atoms with Gasteiger partial charge in [0, 0.05) is 17.8 Å². The van der Waals surface area contributed by atoms with Crippen molar-refractivity contribution in [2.45, 2.75) is 45.6 Å². The molecule has 1 aliphatic carbocycles. The van der Waals surface area contributed by atoms with Crippen LogP contribution in [0.1, 0.15) is 48.2 Å². The molecule has 0 atom stereocenters.